The van der Waals surface area contributed by atoms with Crippen molar-refractivity contribution in [2.24, 2.45) is 5.92 Å². The van der Waals surface area contributed by atoms with Crippen LogP contribution in [0.4, 0.5) is 5.69 Å². The second-order valence-corrected chi connectivity index (χ2v) is 6.20. The van der Waals surface area contributed by atoms with Gasteiger partial charge >= 0.3 is 11.7 Å². The van der Waals surface area contributed by atoms with Crippen LogP contribution in [0.1, 0.15) is 32.6 Å². The molecule has 1 aliphatic carbocycles. The number of amides is 1. The van der Waals surface area contributed by atoms with E-state index in [0.717, 1.165) is 25.7 Å². The zero-order chi connectivity index (χ0) is 18.2. The van der Waals surface area contributed by atoms with Gasteiger partial charge in [-0.05, 0) is 37.7 Å². The molecule has 1 aliphatic rings. The van der Waals surface area contributed by atoms with Gasteiger partial charge in [0, 0.05) is 12.1 Å². The van der Waals surface area contributed by atoms with Crippen LogP contribution in [0.2, 0.25) is 0 Å². The number of nitrogens with one attached hydrogen (secondary N) is 1. The van der Waals surface area contributed by atoms with Gasteiger partial charge in [0.2, 0.25) is 0 Å². The predicted octanol–water partition coefficient (Wildman–Crippen LogP) is 2.21. The molecule has 0 bridgehead atoms. The monoisotopic (exact) mass is 350 g/mol. The third kappa shape index (κ3) is 6.06. The summed E-state index contributed by atoms with van der Waals surface area (Å²) >= 11 is 0. The average molecular weight is 350 g/mol. The van der Waals surface area contributed by atoms with Crippen LogP contribution in [-0.4, -0.2) is 36.1 Å². The Morgan fingerprint density at radius 1 is 1.20 bits per heavy atom. The summed E-state index contributed by atoms with van der Waals surface area (Å²) in [6, 6.07) is 5.86. The standard InChI is InChI=1S/C17H22N2O6/c1-12-6-8-13(9-7-12)18-16(20)10-25-17(21)11-24-15-5-3-2-4-14(15)19(22)23/h2-5,12-13H,6-11H2,1H3,(H,18,20). The molecule has 2 rings (SSSR count). The van der Waals surface area contributed by atoms with E-state index in [1.54, 1.807) is 6.07 Å². The van der Waals surface area contributed by atoms with E-state index in [2.05, 4.69) is 12.2 Å². The first-order valence-corrected chi connectivity index (χ1v) is 8.27. The van der Waals surface area contributed by atoms with E-state index >= 15 is 0 Å². The Kier molecular flexibility index (Phi) is 6.73. The lowest BCUT2D eigenvalue weighted by atomic mass is 9.87. The van der Waals surface area contributed by atoms with Crippen LogP contribution in [0.3, 0.4) is 0 Å². The number of hydrogen-bond donors (Lipinski definition) is 1. The molecule has 0 aromatic heterocycles. The number of nitrogens with zero attached hydrogens (tertiary/aromatic N) is 1. The van der Waals surface area contributed by atoms with Crippen molar-refractivity contribution in [3.63, 3.8) is 0 Å². The van der Waals surface area contributed by atoms with Crippen LogP contribution in [0, 0.1) is 16.0 Å². The molecular formula is C17H22N2O6. The van der Waals surface area contributed by atoms with Gasteiger partial charge in [-0.3, -0.25) is 14.9 Å². The maximum atomic E-state index is 11.8. The van der Waals surface area contributed by atoms with Gasteiger partial charge < -0.3 is 14.8 Å². The summed E-state index contributed by atoms with van der Waals surface area (Å²) in [6.07, 6.45) is 4.02. The van der Waals surface area contributed by atoms with Gasteiger partial charge in [-0.15, -0.1) is 0 Å². The summed E-state index contributed by atoms with van der Waals surface area (Å²) in [5.41, 5.74) is -0.237. The normalized spacial score (nSPS) is 19.7. The molecule has 0 radical (unpaired) electrons. The highest BCUT2D eigenvalue weighted by atomic mass is 16.6. The number of esters is 1. The number of nitro groups is 1. The molecule has 25 heavy (non-hydrogen) atoms. The highest BCUT2D eigenvalue weighted by Gasteiger charge is 2.20. The van der Waals surface area contributed by atoms with Crippen molar-refractivity contribution < 1.29 is 24.0 Å². The van der Waals surface area contributed by atoms with Crippen LogP contribution >= 0.6 is 0 Å². The molecule has 8 heteroatoms. The number of carbonyl (C=O) groups is 2. The molecule has 0 atom stereocenters. The zero-order valence-corrected chi connectivity index (χ0v) is 14.1. The molecule has 1 aromatic rings. The minimum absolute atomic E-state index is 0.0229. The van der Waals surface area contributed by atoms with Crippen LogP contribution in [-0.2, 0) is 14.3 Å². The minimum Gasteiger partial charge on any atom is -0.475 e. The average Bonchev–Trinajstić information content (AvgIpc) is 2.60. The van der Waals surface area contributed by atoms with Crippen molar-refractivity contribution in [3.05, 3.63) is 34.4 Å². The summed E-state index contributed by atoms with van der Waals surface area (Å²) in [5, 5.41) is 13.7. The first-order valence-electron chi connectivity index (χ1n) is 8.27. The van der Waals surface area contributed by atoms with E-state index in [9.17, 15) is 19.7 Å². The fourth-order valence-corrected chi connectivity index (χ4v) is 2.73. The lowest BCUT2D eigenvalue weighted by molar-refractivity contribution is -0.385. The van der Waals surface area contributed by atoms with Gasteiger partial charge in [0.05, 0.1) is 4.92 Å². The Hall–Kier alpha value is -2.64. The maximum Gasteiger partial charge on any atom is 0.344 e. The van der Waals surface area contributed by atoms with Crippen molar-refractivity contribution >= 4 is 17.6 Å². The highest BCUT2D eigenvalue weighted by molar-refractivity contribution is 5.81. The second-order valence-electron chi connectivity index (χ2n) is 6.20. The van der Waals surface area contributed by atoms with Crippen molar-refractivity contribution in [1.29, 1.82) is 0 Å². The summed E-state index contributed by atoms with van der Waals surface area (Å²) < 4.78 is 9.95. The van der Waals surface area contributed by atoms with E-state index in [1.807, 2.05) is 0 Å². The third-order valence-corrected chi connectivity index (χ3v) is 4.15. The number of para-hydroxylation sites is 2. The smallest absolute Gasteiger partial charge is 0.344 e. The first-order chi connectivity index (χ1) is 12.0. The largest absolute Gasteiger partial charge is 0.475 e. The van der Waals surface area contributed by atoms with Crippen LogP contribution in [0.15, 0.2) is 24.3 Å². The Bertz CT molecular complexity index is 625. The zero-order valence-electron chi connectivity index (χ0n) is 14.1. The van der Waals surface area contributed by atoms with Gasteiger partial charge in [-0.25, -0.2) is 4.79 Å². The lowest BCUT2D eigenvalue weighted by Gasteiger charge is -2.26. The topological polar surface area (TPSA) is 108 Å². The van der Waals surface area contributed by atoms with E-state index in [4.69, 9.17) is 9.47 Å². The maximum absolute atomic E-state index is 11.8. The van der Waals surface area contributed by atoms with E-state index < -0.39 is 17.5 Å². The predicted molar refractivity (Wildman–Crippen MR) is 89.1 cm³/mol. The molecule has 1 fully saturated rings. The number of ether oxygens (including phenoxy) is 2. The number of rotatable bonds is 7. The SMILES string of the molecule is CC1CCC(NC(=O)COC(=O)COc2ccccc2[N+](=O)[O-])CC1. The molecule has 0 unspecified atom stereocenters. The van der Waals surface area contributed by atoms with Gasteiger partial charge in [0.1, 0.15) is 0 Å². The molecule has 8 nitrogen and oxygen atoms in total. The van der Waals surface area contributed by atoms with Gasteiger partial charge in [-0.1, -0.05) is 19.1 Å². The summed E-state index contributed by atoms with van der Waals surface area (Å²) in [6.45, 7) is 1.31. The molecule has 0 spiro atoms. The van der Waals surface area contributed by atoms with E-state index in [-0.39, 0.29) is 30.0 Å². The summed E-state index contributed by atoms with van der Waals surface area (Å²) in [5.74, 6) is -0.445. The van der Waals surface area contributed by atoms with Crippen molar-refractivity contribution in [3.8, 4) is 5.75 Å². The van der Waals surface area contributed by atoms with E-state index in [0.29, 0.717) is 5.92 Å². The Morgan fingerprint density at radius 2 is 1.88 bits per heavy atom. The number of benzene rings is 1. The van der Waals surface area contributed by atoms with Crippen molar-refractivity contribution in [1.82, 2.24) is 5.32 Å². The number of carbonyl (C=O) groups excluding carboxylic acids is 2. The first kappa shape index (κ1) is 18.7. The van der Waals surface area contributed by atoms with Crippen molar-refractivity contribution in [2.45, 2.75) is 38.6 Å². The molecule has 0 saturated heterocycles. The van der Waals surface area contributed by atoms with Crippen LogP contribution in [0.25, 0.3) is 0 Å². The van der Waals surface area contributed by atoms with Gasteiger partial charge in [-0.2, -0.15) is 0 Å². The highest BCUT2D eigenvalue weighted by Crippen LogP contribution is 2.25. The Morgan fingerprint density at radius 3 is 2.56 bits per heavy atom. The molecule has 1 amide bonds. The number of nitro benzene ring substituents is 1. The van der Waals surface area contributed by atoms with Crippen LogP contribution in [0.5, 0.6) is 5.75 Å². The second kappa shape index (κ2) is 9.00. The molecule has 1 N–H and O–H groups in total. The minimum atomic E-state index is -0.759. The summed E-state index contributed by atoms with van der Waals surface area (Å²) in [4.78, 5) is 33.7. The van der Waals surface area contributed by atoms with E-state index in [1.165, 1.54) is 18.2 Å². The lowest BCUT2D eigenvalue weighted by Crippen LogP contribution is -2.39. The number of hydrogen-bond acceptors (Lipinski definition) is 6. The Labute approximate surface area is 145 Å². The molecule has 0 aliphatic heterocycles. The van der Waals surface area contributed by atoms with Crippen molar-refractivity contribution in [2.75, 3.05) is 13.2 Å². The van der Waals surface area contributed by atoms with Gasteiger partial charge in [0.15, 0.2) is 19.0 Å². The quantitative estimate of drug-likeness (QED) is 0.459. The Balaban J connectivity index is 1.70. The molecule has 1 saturated carbocycles. The van der Waals surface area contributed by atoms with Gasteiger partial charge in [0.25, 0.3) is 5.91 Å². The molecule has 136 valence electrons. The fraction of sp³-hybridized carbons (Fsp3) is 0.529. The molecule has 1 aromatic carbocycles. The third-order valence-electron chi connectivity index (χ3n) is 4.15. The summed E-state index contributed by atoms with van der Waals surface area (Å²) in [7, 11) is 0. The fourth-order valence-electron chi connectivity index (χ4n) is 2.73. The van der Waals surface area contributed by atoms with Crippen LogP contribution < -0.4 is 10.1 Å². The molecular weight excluding hydrogens is 328 g/mol. The molecule has 0 heterocycles.